The van der Waals surface area contributed by atoms with Crippen molar-refractivity contribution in [3.63, 3.8) is 0 Å². The van der Waals surface area contributed by atoms with E-state index < -0.39 is 11.1 Å². The highest BCUT2D eigenvalue weighted by atomic mass is 16.3. The van der Waals surface area contributed by atoms with E-state index >= 15 is 0 Å². The monoisotopic (exact) mass is 393 g/mol. The van der Waals surface area contributed by atoms with Gasteiger partial charge < -0.3 is 41.9 Å². The van der Waals surface area contributed by atoms with Gasteiger partial charge in [-0.2, -0.15) is 0 Å². The fraction of sp³-hybridized carbons (Fsp3) is 1.00. The Bertz CT molecular complexity index is 380. The molecule has 0 aromatic heterocycles. The van der Waals surface area contributed by atoms with Crippen LogP contribution in [-0.2, 0) is 0 Å². The first kappa shape index (κ1) is 26.7. The minimum Gasteiger partial charge on any atom is -0.396 e. The Hall–Kier alpha value is -0.320. The lowest BCUT2D eigenvalue weighted by atomic mass is 9.55. The molecule has 8 nitrogen and oxygen atoms in total. The molecule has 8 heteroatoms. The molecule has 5 atom stereocenters. The summed E-state index contributed by atoms with van der Waals surface area (Å²) >= 11 is 0. The number of rotatable bonds is 15. The molecule has 0 aromatic rings. The molecular formula is C19H43N3O5. The molecule has 0 aliphatic carbocycles. The van der Waals surface area contributed by atoms with E-state index in [-0.39, 0.29) is 62.7 Å². The molecule has 0 radical (unpaired) electrons. The van der Waals surface area contributed by atoms with Crippen LogP contribution in [0.2, 0.25) is 0 Å². The van der Waals surface area contributed by atoms with Crippen molar-refractivity contribution in [3.05, 3.63) is 0 Å². The first-order valence-corrected chi connectivity index (χ1v) is 9.95. The SMILES string of the molecule is CC(CO)NCCNC(C(C)CO)(C(C)CO)C(N)(C(C)CO)C(C)CO. The number of nitrogens with two attached hydrogens (primary N) is 1. The van der Waals surface area contributed by atoms with Crippen molar-refractivity contribution in [2.75, 3.05) is 46.1 Å². The molecule has 0 aromatic carbocycles. The standard InChI is InChI=1S/C19H43N3O5/c1-13(8-23)18(20,14(2)9-24)19(15(3)10-25,16(4)11-26)22-7-6-21-17(5)12-27/h13-17,21-27H,6-12,20H2,1-5H3. The summed E-state index contributed by atoms with van der Waals surface area (Å²) in [5, 5.41) is 55.7. The van der Waals surface area contributed by atoms with Crippen molar-refractivity contribution < 1.29 is 25.5 Å². The first-order valence-electron chi connectivity index (χ1n) is 9.95. The van der Waals surface area contributed by atoms with Crippen LogP contribution in [0, 0.1) is 23.7 Å². The van der Waals surface area contributed by atoms with Crippen molar-refractivity contribution in [1.29, 1.82) is 0 Å². The van der Waals surface area contributed by atoms with Crippen LogP contribution < -0.4 is 16.4 Å². The van der Waals surface area contributed by atoms with E-state index in [1.54, 1.807) is 0 Å². The molecule has 0 saturated heterocycles. The van der Waals surface area contributed by atoms with E-state index in [9.17, 15) is 20.4 Å². The van der Waals surface area contributed by atoms with Gasteiger partial charge in [-0.05, 0) is 30.6 Å². The van der Waals surface area contributed by atoms with Crippen molar-refractivity contribution in [2.45, 2.75) is 51.7 Å². The molecule has 0 spiro atoms. The minimum atomic E-state index is -1.09. The van der Waals surface area contributed by atoms with Gasteiger partial charge in [0.25, 0.3) is 0 Å². The van der Waals surface area contributed by atoms with Crippen LogP contribution in [0.25, 0.3) is 0 Å². The van der Waals surface area contributed by atoms with Crippen LogP contribution >= 0.6 is 0 Å². The zero-order valence-corrected chi connectivity index (χ0v) is 17.6. The number of aliphatic hydroxyl groups is 5. The van der Waals surface area contributed by atoms with Gasteiger partial charge >= 0.3 is 0 Å². The fourth-order valence-electron chi connectivity index (χ4n) is 4.38. The highest BCUT2D eigenvalue weighted by Gasteiger charge is 2.59. The van der Waals surface area contributed by atoms with Crippen LogP contribution in [0.4, 0.5) is 0 Å². The Labute approximate surface area is 164 Å². The molecule has 0 aliphatic rings. The summed E-state index contributed by atoms with van der Waals surface area (Å²) in [7, 11) is 0. The van der Waals surface area contributed by atoms with Crippen LogP contribution in [-0.4, -0.2) is 88.8 Å². The van der Waals surface area contributed by atoms with Crippen LogP contribution in [0.1, 0.15) is 34.6 Å². The van der Waals surface area contributed by atoms with Gasteiger partial charge in [0.2, 0.25) is 0 Å². The summed E-state index contributed by atoms with van der Waals surface area (Å²) in [6.07, 6.45) is 0. The van der Waals surface area contributed by atoms with E-state index in [1.807, 2.05) is 34.6 Å². The summed E-state index contributed by atoms with van der Waals surface area (Å²) in [5.74, 6) is -1.47. The second-order valence-corrected chi connectivity index (χ2v) is 8.10. The van der Waals surface area contributed by atoms with E-state index in [1.165, 1.54) is 0 Å². The van der Waals surface area contributed by atoms with E-state index in [4.69, 9.17) is 10.8 Å². The van der Waals surface area contributed by atoms with Crippen molar-refractivity contribution in [3.8, 4) is 0 Å². The maximum absolute atomic E-state index is 10.0. The third kappa shape index (κ3) is 5.61. The van der Waals surface area contributed by atoms with Gasteiger partial charge in [-0.1, -0.05) is 27.7 Å². The lowest BCUT2D eigenvalue weighted by Crippen LogP contribution is -2.80. The molecule has 0 bridgehead atoms. The Morgan fingerprint density at radius 2 is 1.07 bits per heavy atom. The van der Waals surface area contributed by atoms with Gasteiger partial charge in [0.05, 0.1) is 6.61 Å². The molecule has 5 unspecified atom stereocenters. The maximum atomic E-state index is 10.0. The summed E-state index contributed by atoms with van der Waals surface area (Å²) in [4.78, 5) is 0. The van der Waals surface area contributed by atoms with Gasteiger partial charge in [-0.25, -0.2) is 0 Å². The van der Waals surface area contributed by atoms with Gasteiger partial charge in [-0.15, -0.1) is 0 Å². The molecule has 0 fully saturated rings. The fourth-order valence-corrected chi connectivity index (χ4v) is 4.38. The summed E-state index contributed by atoms with van der Waals surface area (Å²) in [6, 6.07) is -0.0536. The number of aliphatic hydroxyl groups excluding tert-OH is 5. The zero-order valence-electron chi connectivity index (χ0n) is 17.6. The van der Waals surface area contributed by atoms with Gasteiger partial charge in [0.1, 0.15) is 0 Å². The zero-order chi connectivity index (χ0) is 21.3. The summed E-state index contributed by atoms with van der Waals surface area (Å²) in [5.41, 5.74) is 4.91. The van der Waals surface area contributed by atoms with E-state index in [0.717, 1.165) is 0 Å². The highest BCUT2D eigenvalue weighted by Crippen LogP contribution is 2.44. The van der Waals surface area contributed by atoms with Gasteiger partial charge in [0.15, 0.2) is 0 Å². The second kappa shape index (κ2) is 12.3. The molecule has 164 valence electrons. The normalized spacial score (nSPS) is 22.3. The number of nitrogens with one attached hydrogen (secondary N) is 2. The topological polar surface area (TPSA) is 151 Å². The lowest BCUT2D eigenvalue weighted by molar-refractivity contribution is -0.0682. The molecule has 0 rings (SSSR count). The summed E-state index contributed by atoms with van der Waals surface area (Å²) in [6.45, 7) is 9.61. The molecule has 27 heavy (non-hydrogen) atoms. The first-order chi connectivity index (χ1) is 12.6. The Balaban J connectivity index is 6.09. The molecule has 0 saturated carbocycles. The lowest BCUT2D eigenvalue weighted by Gasteiger charge is -2.60. The molecule has 9 N–H and O–H groups in total. The third-order valence-electron chi connectivity index (χ3n) is 6.31. The maximum Gasteiger partial charge on any atom is 0.0581 e. The predicted octanol–water partition coefficient (Wildman–Crippen LogP) is -1.50. The van der Waals surface area contributed by atoms with Gasteiger partial charge in [-0.3, -0.25) is 0 Å². The van der Waals surface area contributed by atoms with E-state index in [0.29, 0.717) is 13.1 Å². The van der Waals surface area contributed by atoms with Crippen LogP contribution in [0.5, 0.6) is 0 Å². The Kier molecular flexibility index (Phi) is 12.1. The average molecular weight is 394 g/mol. The van der Waals surface area contributed by atoms with Crippen molar-refractivity contribution >= 4 is 0 Å². The van der Waals surface area contributed by atoms with Crippen LogP contribution in [0.3, 0.4) is 0 Å². The molecule has 0 aliphatic heterocycles. The minimum absolute atomic E-state index is 0.0230. The Morgan fingerprint density at radius 1 is 0.667 bits per heavy atom. The summed E-state index contributed by atoms with van der Waals surface area (Å²) < 4.78 is 0. The van der Waals surface area contributed by atoms with E-state index in [2.05, 4.69) is 10.6 Å². The Morgan fingerprint density at radius 3 is 1.41 bits per heavy atom. The predicted molar refractivity (Wildman–Crippen MR) is 107 cm³/mol. The van der Waals surface area contributed by atoms with Crippen molar-refractivity contribution in [2.24, 2.45) is 29.4 Å². The van der Waals surface area contributed by atoms with Gasteiger partial charge in [0, 0.05) is 56.6 Å². The molecule has 0 amide bonds. The smallest absolute Gasteiger partial charge is 0.0581 e. The second-order valence-electron chi connectivity index (χ2n) is 8.10. The molecular weight excluding hydrogens is 350 g/mol. The highest BCUT2D eigenvalue weighted by molar-refractivity contribution is 5.17. The number of hydrogen-bond acceptors (Lipinski definition) is 8. The quantitative estimate of drug-likeness (QED) is 0.157. The number of hydrogen-bond donors (Lipinski definition) is 8. The largest absolute Gasteiger partial charge is 0.396 e. The molecule has 0 heterocycles. The van der Waals surface area contributed by atoms with Crippen molar-refractivity contribution in [1.82, 2.24) is 10.6 Å². The average Bonchev–Trinajstić information content (AvgIpc) is 2.70. The third-order valence-corrected chi connectivity index (χ3v) is 6.31. The van der Waals surface area contributed by atoms with Crippen LogP contribution in [0.15, 0.2) is 0 Å².